The summed E-state index contributed by atoms with van der Waals surface area (Å²) in [5.74, 6) is -7.48. The fraction of sp³-hybridized carbons (Fsp3) is 0.414. The number of nitrogens with zero attached hydrogens (tertiary/aromatic N) is 2. The molecule has 0 radical (unpaired) electrons. The predicted molar refractivity (Wildman–Crippen MR) is 147 cm³/mol. The lowest BCUT2D eigenvalue weighted by molar-refractivity contribution is -0.167. The van der Waals surface area contributed by atoms with Crippen LogP contribution < -0.4 is 10.6 Å². The van der Waals surface area contributed by atoms with Gasteiger partial charge in [-0.15, -0.1) is 0 Å². The van der Waals surface area contributed by atoms with Gasteiger partial charge in [0.1, 0.15) is 11.6 Å². The van der Waals surface area contributed by atoms with E-state index in [1.807, 2.05) is 0 Å². The van der Waals surface area contributed by atoms with E-state index in [0.717, 1.165) is 17.0 Å². The topological polar surface area (TPSA) is 125 Å². The van der Waals surface area contributed by atoms with E-state index in [0.29, 0.717) is 23.1 Å². The van der Waals surface area contributed by atoms with E-state index in [1.165, 1.54) is 29.2 Å². The molecular weight excluding hydrogens is 574 g/mol. The summed E-state index contributed by atoms with van der Waals surface area (Å²) < 4.78 is 34.5. The first-order valence-electron chi connectivity index (χ1n) is 13.4. The van der Waals surface area contributed by atoms with Crippen molar-refractivity contribution in [2.75, 3.05) is 13.8 Å². The molecule has 10 nitrogen and oxygen atoms in total. The summed E-state index contributed by atoms with van der Waals surface area (Å²) >= 11 is 5.74. The lowest BCUT2D eigenvalue weighted by Gasteiger charge is -2.35. The molecule has 2 heterocycles. The summed E-state index contributed by atoms with van der Waals surface area (Å²) in [5.41, 5.74) is -0.138. The van der Waals surface area contributed by atoms with Gasteiger partial charge in [0.2, 0.25) is 5.91 Å². The van der Waals surface area contributed by atoms with Crippen molar-refractivity contribution in [2.24, 2.45) is 0 Å². The number of alkyl halides is 2. The first-order chi connectivity index (χ1) is 19.8. The van der Waals surface area contributed by atoms with Crippen LogP contribution in [0.15, 0.2) is 42.5 Å². The second-order valence-corrected chi connectivity index (χ2v) is 10.8. The minimum atomic E-state index is -3.78. The quantitative estimate of drug-likeness (QED) is 0.315. The van der Waals surface area contributed by atoms with Gasteiger partial charge in [0.05, 0.1) is 0 Å². The summed E-state index contributed by atoms with van der Waals surface area (Å²) in [6, 6.07) is 8.39. The number of ether oxygens (including phenoxy) is 1. The van der Waals surface area contributed by atoms with Crippen molar-refractivity contribution in [3.8, 4) is 0 Å². The van der Waals surface area contributed by atoms with Gasteiger partial charge < -0.3 is 20.3 Å². The Hall–Kier alpha value is -3.90. The average Bonchev–Trinajstić information content (AvgIpc) is 3.30. The predicted octanol–water partition coefficient (Wildman–Crippen LogP) is 3.11. The number of nitrogens with one attached hydrogen (secondary N) is 2. The summed E-state index contributed by atoms with van der Waals surface area (Å²) in [4.78, 5) is 66.0. The van der Waals surface area contributed by atoms with Gasteiger partial charge in [-0.2, -0.15) is 8.78 Å². The van der Waals surface area contributed by atoms with Crippen LogP contribution in [0.3, 0.4) is 0 Å². The number of amides is 4. The second-order valence-electron chi connectivity index (χ2n) is 10.4. The number of halogens is 3. The molecule has 0 aromatic heterocycles. The minimum Gasteiger partial charge on any atom is -0.442 e. The van der Waals surface area contributed by atoms with Crippen LogP contribution in [0.1, 0.15) is 60.2 Å². The number of fused-ring (bicyclic) bond motifs is 1. The van der Waals surface area contributed by atoms with Crippen molar-refractivity contribution >= 4 is 41.2 Å². The maximum absolute atomic E-state index is 14.6. The standard InChI is InChI=1S/C29H31ClF2N4O6/c1-4-28(2,33-3)27(41)42-16-36-23(37)12-11-22(25(36)39)35-15-18-13-17(5-10-21(18)24(35)38)14-34-26(40)29(31,32)19-6-8-20(30)9-7-19/h5-10,13,22,33H,4,11-12,14-16H2,1-3H3,(H,34,40). The van der Waals surface area contributed by atoms with Crippen molar-refractivity contribution in [2.45, 2.75) is 63.7 Å². The number of hydrogen-bond donors (Lipinski definition) is 2. The van der Waals surface area contributed by atoms with Gasteiger partial charge in [-0.3, -0.25) is 19.2 Å². The van der Waals surface area contributed by atoms with Crippen LogP contribution in [0.5, 0.6) is 0 Å². The van der Waals surface area contributed by atoms with Gasteiger partial charge in [0, 0.05) is 35.7 Å². The molecule has 13 heteroatoms. The van der Waals surface area contributed by atoms with Crippen LogP contribution in [-0.4, -0.2) is 64.8 Å². The molecule has 2 aliphatic rings. The Morgan fingerprint density at radius 3 is 2.45 bits per heavy atom. The van der Waals surface area contributed by atoms with E-state index in [4.69, 9.17) is 16.3 Å². The van der Waals surface area contributed by atoms with E-state index < -0.39 is 59.4 Å². The summed E-state index contributed by atoms with van der Waals surface area (Å²) in [6.45, 7) is 2.69. The molecule has 1 saturated heterocycles. The normalized spacial score (nSPS) is 18.5. The third-order valence-electron chi connectivity index (χ3n) is 7.84. The van der Waals surface area contributed by atoms with Crippen molar-refractivity contribution in [1.29, 1.82) is 0 Å². The molecule has 2 aromatic rings. The van der Waals surface area contributed by atoms with Gasteiger partial charge in [0.25, 0.3) is 17.7 Å². The van der Waals surface area contributed by atoms with Gasteiger partial charge in [-0.25, -0.2) is 9.69 Å². The number of hydrogen-bond acceptors (Lipinski definition) is 7. The van der Waals surface area contributed by atoms with Gasteiger partial charge in [0.15, 0.2) is 6.73 Å². The summed E-state index contributed by atoms with van der Waals surface area (Å²) in [6.07, 6.45) is 0.502. The number of imide groups is 1. The van der Waals surface area contributed by atoms with Crippen LogP contribution in [0.25, 0.3) is 0 Å². The molecule has 4 amide bonds. The molecule has 2 aromatic carbocycles. The number of esters is 1. The van der Waals surface area contributed by atoms with Gasteiger partial charge in [-0.1, -0.05) is 42.8 Å². The highest BCUT2D eigenvalue weighted by Crippen LogP contribution is 2.31. The Kier molecular flexibility index (Phi) is 8.98. The maximum atomic E-state index is 14.6. The molecule has 2 unspecified atom stereocenters. The second kappa shape index (κ2) is 12.1. The maximum Gasteiger partial charge on any atom is 0.349 e. The molecule has 224 valence electrons. The molecular formula is C29H31ClF2N4O6. The first kappa shape index (κ1) is 31.0. The number of rotatable bonds is 10. The Balaban J connectivity index is 1.41. The fourth-order valence-electron chi connectivity index (χ4n) is 4.79. The van der Waals surface area contributed by atoms with Crippen LogP contribution in [0, 0.1) is 0 Å². The monoisotopic (exact) mass is 604 g/mol. The Bertz CT molecular complexity index is 1410. The number of piperidine rings is 1. The van der Waals surface area contributed by atoms with Crippen LogP contribution in [-0.2, 0) is 42.9 Å². The van der Waals surface area contributed by atoms with E-state index >= 15 is 0 Å². The third kappa shape index (κ3) is 6.00. The zero-order valence-corrected chi connectivity index (χ0v) is 24.1. The Morgan fingerprint density at radius 2 is 1.81 bits per heavy atom. The van der Waals surface area contributed by atoms with Crippen LogP contribution in [0.2, 0.25) is 5.02 Å². The van der Waals surface area contributed by atoms with Crippen LogP contribution in [0.4, 0.5) is 8.78 Å². The van der Waals surface area contributed by atoms with Crippen molar-refractivity contribution < 1.29 is 37.5 Å². The zero-order chi connectivity index (χ0) is 30.8. The molecule has 0 saturated carbocycles. The number of benzene rings is 2. The molecule has 0 spiro atoms. The number of carbonyl (C=O) groups is 5. The SMILES string of the molecule is CCC(C)(NC)C(=O)OCN1C(=O)CCC(N2Cc3cc(CNC(=O)C(F)(F)c4ccc(Cl)cc4)ccc3C2=O)C1=O. The van der Waals surface area contributed by atoms with Gasteiger partial charge in [-0.05, 0) is 56.1 Å². The summed E-state index contributed by atoms with van der Waals surface area (Å²) in [5, 5.41) is 5.35. The van der Waals surface area contributed by atoms with Gasteiger partial charge >= 0.3 is 11.9 Å². The highest BCUT2D eigenvalue weighted by atomic mass is 35.5. The Labute approximate surface area is 246 Å². The highest BCUT2D eigenvalue weighted by molar-refractivity contribution is 6.30. The number of likely N-dealkylation sites (tertiary alicyclic amines) is 1. The zero-order valence-electron chi connectivity index (χ0n) is 23.3. The largest absolute Gasteiger partial charge is 0.442 e. The molecule has 1 fully saturated rings. The minimum absolute atomic E-state index is 0.0235. The van der Waals surface area contributed by atoms with E-state index in [-0.39, 0.29) is 31.0 Å². The van der Waals surface area contributed by atoms with Crippen LogP contribution >= 0.6 is 11.6 Å². The highest BCUT2D eigenvalue weighted by Gasteiger charge is 2.44. The van der Waals surface area contributed by atoms with Crippen molar-refractivity contribution in [3.63, 3.8) is 0 Å². The molecule has 2 N–H and O–H groups in total. The first-order valence-corrected chi connectivity index (χ1v) is 13.8. The number of carbonyl (C=O) groups excluding carboxylic acids is 5. The molecule has 4 rings (SSSR count). The van der Waals surface area contributed by atoms with Crippen molar-refractivity contribution in [1.82, 2.24) is 20.4 Å². The average molecular weight is 605 g/mol. The van der Waals surface area contributed by atoms with Crippen molar-refractivity contribution in [3.05, 3.63) is 69.7 Å². The van der Waals surface area contributed by atoms with E-state index in [1.54, 1.807) is 27.0 Å². The smallest absolute Gasteiger partial charge is 0.349 e. The van der Waals surface area contributed by atoms with E-state index in [2.05, 4.69) is 10.6 Å². The lowest BCUT2D eigenvalue weighted by atomic mass is 10.00. The number of likely N-dealkylation sites (N-methyl/N-ethyl adjacent to an activating group) is 1. The summed E-state index contributed by atoms with van der Waals surface area (Å²) in [7, 11) is 1.60. The fourth-order valence-corrected chi connectivity index (χ4v) is 4.92. The lowest BCUT2D eigenvalue weighted by Crippen LogP contribution is -2.56. The van der Waals surface area contributed by atoms with E-state index in [9.17, 15) is 32.8 Å². The molecule has 0 bridgehead atoms. The third-order valence-corrected chi connectivity index (χ3v) is 8.09. The molecule has 2 aliphatic heterocycles. The molecule has 0 aliphatic carbocycles. The molecule has 42 heavy (non-hydrogen) atoms. The Morgan fingerprint density at radius 1 is 1.12 bits per heavy atom. The molecule has 2 atom stereocenters.